The number of benzene rings is 1. The molecule has 1 fully saturated rings. The number of carbonyl (C=O) groups excluding carboxylic acids is 2. The molecule has 0 bridgehead atoms. The number of carbonyl (C=O) groups is 3. The van der Waals surface area contributed by atoms with Crippen molar-refractivity contribution >= 4 is 17.8 Å². The molecular formula is C18H23N3O6. The van der Waals surface area contributed by atoms with E-state index in [4.69, 9.17) is 9.84 Å². The van der Waals surface area contributed by atoms with Gasteiger partial charge in [-0.15, -0.1) is 0 Å². The van der Waals surface area contributed by atoms with Crippen LogP contribution in [0.3, 0.4) is 0 Å². The fraction of sp³-hybridized carbons (Fsp3) is 0.389. The number of aliphatic carboxylic acids is 1. The Morgan fingerprint density at radius 2 is 1.67 bits per heavy atom. The molecule has 0 aromatic heterocycles. The van der Waals surface area contributed by atoms with Crippen molar-refractivity contribution in [3.05, 3.63) is 47.4 Å². The first kappa shape index (κ1) is 20.2. The van der Waals surface area contributed by atoms with Crippen molar-refractivity contribution in [3.63, 3.8) is 0 Å². The maximum Gasteiger partial charge on any atom is 0.322 e. The number of ether oxygens (including phenoxy) is 1. The number of carboxylic acid groups (broad SMARTS) is 1. The average Bonchev–Trinajstić information content (AvgIpc) is 2.66. The average molecular weight is 377 g/mol. The highest BCUT2D eigenvalue weighted by Crippen LogP contribution is 2.09. The normalized spacial score (nSPS) is 15.4. The fourth-order valence-electron chi connectivity index (χ4n) is 2.53. The smallest absolute Gasteiger partial charge is 0.322 e. The van der Waals surface area contributed by atoms with E-state index < -0.39 is 35.8 Å². The lowest BCUT2D eigenvalue weighted by atomic mass is 10.1. The summed E-state index contributed by atoms with van der Waals surface area (Å²) in [4.78, 5) is 35.5. The quantitative estimate of drug-likeness (QED) is 0.187. The molecule has 5 N–H and O–H groups in total. The molecular weight excluding hydrogens is 354 g/mol. The Morgan fingerprint density at radius 3 is 2.30 bits per heavy atom. The Kier molecular flexibility index (Phi) is 7.63. The molecule has 1 heterocycles. The highest BCUT2D eigenvalue weighted by atomic mass is 16.5. The predicted molar refractivity (Wildman–Crippen MR) is 95.6 cm³/mol. The summed E-state index contributed by atoms with van der Waals surface area (Å²) in [6, 6.07) is 8.91. The number of hydrogen-bond acceptors (Lipinski definition) is 6. The standard InChI is InChI=1S/C18H23N3O6/c22-14(23)11-20-17(25)15(18(26)21-13-6-8-27-9-7-13)16(24)19-10-12-4-2-1-3-5-12/h1-5,13,19,24H,6-11H2,(H,20,25)(H,21,26)(H,22,23). The molecule has 0 aliphatic carbocycles. The van der Waals surface area contributed by atoms with Gasteiger partial charge in [-0.25, -0.2) is 0 Å². The van der Waals surface area contributed by atoms with Gasteiger partial charge in [-0.2, -0.15) is 0 Å². The van der Waals surface area contributed by atoms with Crippen LogP contribution in [0.2, 0.25) is 0 Å². The van der Waals surface area contributed by atoms with E-state index in [2.05, 4.69) is 16.0 Å². The van der Waals surface area contributed by atoms with Crippen LogP contribution in [0.25, 0.3) is 0 Å². The zero-order valence-electron chi connectivity index (χ0n) is 14.7. The molecule has 146 valence electrons. The lowest BCUT2D eigenvalue weighted by Gasteiger charge is -2.23. The molecule has 9 heteroatoms. The van der Waals surface area contributed by atoms with Crippen molar-refractivity contribution in [2.24, 2.45) is 0 Å². The van der Waals surface area contributed by atoms with Gasteiger partial charge in [0.15, 0.2) is 5.57 Å². The molecule has 2 amide bonds. The van der Waals surface area contributed by atoms with Crippen LogP contribution >= 0.6 is 0 Å². The SMILES string of the molecule is O=C(O)CNC(=O)C(C(=O)NC1CCOCC1)=C(O)NCc1ccccc1. The van der Waals surface area contributed by atoms with Gasteiger partial charge in [0.2, 0.25) is 5.88 Å². The van der Waals surface area contributed by atoms with Crippen molar-refractivity contribution in [2.75, 3.05) is 19.8 Å². The van der Waals surface area contributed by atoms with Crippen molar-refractivity contribution in [1.82, 2.24) is 16.0 Å². The lowest BCUT2D eigenvalue weighted by molar-refractivity contribution is -0.138. The molecule has 1 aliphatic rings. The Morgan fingerprint density at radius 1 is 1.00 bits per heavy atom. The van der Waals surface area contributed by atoms with Crippen LogP contribution in [0.5, 0.6) is 0 Å². The molecule has 9 nitrogen and oxygen atoms in total. The zero-order chi connectivity index (χ0) is 19.6. The van der Waals surface area contributed by atoms with Gasteiger partial charge in [0.25, 0.3) is 11.8 Å². The van der Waals surface area contributed by atoms with Crippen LogP contribution in [0.15, 0.2) is 41.8 Å². The topological polar surface area (TPSA) is 137 Å². The third-order valence-corrected chi connectivity index (χ3v) is 3.95. The third kappa shape index (κ3) is 6.63. The number of hydrogen-bond donors (Lipinski definition) is 5. The number of nitrogens with one attached hydrogen (secondary N) is 3. The minimum absolute atomic E-state index is 0.185. The number of amides is 2. The Balaban J connectivity index is 2.11. The van der Waals surface area contributed by atoms with Crippen LogP contribution in [0.1, 0.15) is 18.4 Å². The largest absolute Gasteiger partial charge is 0.494 e. The van der Waals surface area contributed by atoms with Gasteiger partial charge >= 0.3 is 5.97 Å². The van der Waals surface area contributed by atoms with Gasteiger partial charge < -0.3 is 30.9 Å². The van der Waals surface area contributed by atoms with Gasteiger partial charge in [0, 0.05) is 25.8 Å². The highest BCUT2D eigenvalue weighted by Gasteiger charge is 2.27. The Bertz CT molecular complexity index is 698. The van der Waals surface area contributed by atoms with Gasteiger partial charge in [0.1, 0.15) is 6.54 Å². The van der Waals surface area contributed by atoms with Crippen LogP contribution in [-0.2, 0) is 25.7 Å². The van der Waals surface area contributed by atoms with Crippen molar-refractivity contribution in [3.8, 4) is 0 Å². The second-order valence-corrected chi connectivity index (χ2v) is 6.00. The summed E-state index contributed by atoms with van der Waals surface area (Å²) >= 11 is 0. The van der Waals surface area contributed by atoms with Crippen molar-refractivity contribution < 1.29 is 29.3 Å². The predicted octanol–water partition coefficient (Wildman–Crippen LogP) is 0.0418. The highest BCUT2D eigenvalue weighted by molar-refractivity contribution is 6.19. The monoisotopic (exact) mass is 377 g/mol. The van der Waals surface area contributed by atoms with E-state index in [1.54, 1.807) is 0 Å². The summed E-state index contributed by atoms with van der Waals surface area (Å²) in [6.07, 6.45) is 1.18. The van der Waals surface area contributed by atoms with Crippen LogP contribution in [0, 0.1) is 0 Å². The molecule has 1 aliphatic heterocycles. The van der Waals surface area contributed by atoms with E-state index in [1.165, 1.54) is 0 Å². The van der Waals surface area contributed by atoms with E-state index in [0.717, 1.165) is 5.56 Å². The number of aliphatic hydroxyl groups is 1. The summed E-state index contributed by atoms with van der Waals surface area (Å²) < 4.78 is 5.22. The number of aliphatic hydroxyl groups excluding tert-OH is 1. The second kappa shape index (κ2) is 10.2. The number of carboxylic acids is 1. The van der Waals surface area contributed by atoms with E-state index in [9.17, 15) is 19.5 Å². The maximum absolute atomic E-state index is 12.5. The molecule has 1 aromatic carbocycles. The fourth-order valence-corrected chi connectivity index (χ4v) is 2.53. The minimum atomic E-state index is -1.26. The third-order valence-electron chi connectivity index (χ3n) is 3.95. The minimum Gasteiger partial charge on any atom is -0.494 e. The molecule has 0 atom stereocenters. The Hall–Kier alpha value is -3.07. The molecule has 0 unspecified atom stereocenters. The van der Waals surface area contributed by atoms with Crippen LogP contribution in [0.4, 0.5) is 0 Å². The molecule has 0 saturated carbocycles. The molecule has 0 spiro atoms. The molecule has 1 saturated heterocycles. The maximum atomic E-state index is 12.5. The van der Waals surface area contributed by atoms with Gasteiger partial charge in [-0.1, -0.05) is 30.3 Å². The molecule has 27 heavy (non-hydrogen) atoms. The van der Waals surface area contributed by atoms with E-state index in [-0.39, 0.29) is 12.6 Å². The molecule has 2 rings (SSSR count). The summed E-state index contributed by atoms with van der Waals surface area (Å²) in [5.41, 5.74) is 0.276. The van der Waals surface area contributed by atoms with Crippen molar-refractivity contribution in [2.45, 2.75) is 25.4 Å². The first-order valence-electron chi connectivity index (χ1n) is 8.57. The summed E-state index contributed by atoms with van der Waals surface area (Å²) in [6.45, 7) is 0.507. The van der Waals surface area contributed by atoms with E-state index in [1.807, 2.05) is 30.3 Å². The van der Waals surface area contributed by atoms with Gasteiger partial charge in [-0.05, 0) is 18.4 Å². The number of rotatable bonds is 8. The van der Waals surface area contributed by atoms with E-state index >= 15 is 0 Å². The summed E-state index contributed by atoms with van der Waals surface area (Å²) in [5, 5.41) is 26.4. The first-order chi connectivity index (χ1) is 13.0. The molecule has 1 aromatic rings. The van der Waals surface area contributed by atoms with Gasteiger partial charge in [0.05, 0.1) is 0 Å². The van der Waals surface area contributed by atoms with Crippen LogP contribution < -0.4 is 16.0 Å². The van der Waals surface area contributed by atoms with Crippen LogP contribution in [-0.4, -0.2) is 53.8 Å². The summed E-state index contributed by atoms with van der Waals surface area (Å²) in [5.74, 6) is -3.63. The zero-order valence-corrected chi connectivity index (χ0v) is 14.7. The molecule has 0 radical (unpaired) electrons. The first-order valence-corrected chi connectivity index (χ1v) is 8.57. The van der Waals surface area contributed by atoms with Crippen molar-refractivity contribution in [1.29, 1.82) is 0 Å². The Labute approximate surface area is 156 Å². The lowest BCUT2D eigenvalue weighted by Crippen LogP contribution is -2.44. The second-order valence-electron chi connectivity index (χ2n) is 6.00. The van der Waals surface area contributed by atoms with Gasteiger partial charge in [-0.3, -0.25) is 14.4 Å². The summed E-state index contributed by atoms with van der Waals surface area (Å²) in [7, 11) is 0. The van der Waals surface area contributed by atoms with E-state index in [0.29, 0.717) is 26.1 Å².